The molecule has 32 heavy (non-hydrogen) atoms. The minimum atomic E-state index is 0.565. The van der Waals surface area contributed by atoms with Gasteiger partial charge in [-0.25, -0.2) is 4.98 Å². The van der Waals surface area contributed by atoms with Crippen molar-refractivity contribution in [2.45, 2.75) is 38.3 Å². The number of nitrogens with one attached hydrogen (secondary N) is 1. The fourth-order valence-electron chi connectivity index (χ4n) is 5.11. The number of fused-ring (bicyclic) bond motifs is 1. The number of para-hydroxylation sites is 1. The number of nitriles is 1. The molecule has 2 aromatic carbocycles. The molecular formula is C26H28ClN5. The third-order valence-corrected chi connectivity index (χ3v) is 6.97. The summed E-state index contributed by atoms with van der Waals surface area (Å²) >= 11 is 6.02. The Balaban J connectivity index is 1.50. The Hall–Kier alpha value is -2.81. The van der Waals surface area contributed by atoms with E-state index in [1.807, 2.05) is 42.5 Å². The quantitative estimate of drug-likeness (QED) is 0.567. The second-order valence-electron chi connectivity index (χ2n) is 8.78. The molecule has 2 aliphatic heterocycles. The second-order valence-corrected chi connectivity index (χ2v) is 9.21. The number of aromatic nitrogens is 1. The lowest BCUT2D eigenvalue weighted by molar-refractivity contribution is 0.215. The number of nitrogens with zero attached hydrogens (tertiary/aromatic N) is 4. The summed E-state index contributed by atoms with van der Waals surface area (Å²) in [5.74, 6) is 0.652. The van der Waals surface area contributed by atoms with Crippen LogP contribution in [0.5, 0.6) is 0 Å². The lowest BCUT2D eigenvalue weighted by Gasteiger charge is -2.39. The van der Waals surface area contributed by atoms with E-state index in [1.165, 1.54) is 32.4 Å². The van der Waals surface area contributed by atoms with Crippen LogP contribution in [0.1, 0.15) is 36.8 Å². The molecule has 1 N–H and O–H groups in total. The second kappa shape index (κ2) is 9.36. The average Bonchev–Trinajstić information content (AvgIpc) is 3.38. The van der Waals surface area contributed by atoms with Crippen molar-refractivity contribution in [1.29, 1.82) is 5.26 Å². The van der Waals surface area contributed by atoms with E-state index in [1.54, 1.807) is 0 Å². The highest BCUT2D eigenvalue weighted by atomic mass is 35.5. The summed E-state index contributed by atoms with van der Waals surface area (Å²) in [6.07, 6.45) is 4.99. The molecule has 1 aromatic heterocycles. The first-order valence-corrected chi connectivity index (χ1v) is 11.9. The molecule has 0 spiro atoms. The standard InChI is InChI=1S/C26H28ClN5/c27-20-11-9-19(10-12-20)17-29-26-23(16-28)25(22-7-1-2-8-24(22)30-26)32-15-5-6-21(18-32)31-13-3-4-14-31/h1-2,7-12,21H,3-6,13-15,17-18H2,(H,29,30). The third kappa shape index (κ3) is 4.26. The molecule has 1 unspecified atom stereocenters. The van der Waals surface area contributed by atoms with E-state index in [4.69, 9.17) is 16.6 Å². The maximum absolute atomic E-state index is 10.2. The number of pyridine rings is 1. The van der Waals surface area contributed by atoms with Gasteiger partial charge in [-0.15, -0.1) is 0 Å². The summed E-state index contributed by atoms with van der Waals surface area (Å²) in [5, 5.41) is 15.4. The van der Waals surface area contributed by atoms with Crippen molar-refractivity contribution in [3.05, 3.63) is 64.7 Å². The largest absolute Gasteiger partial charge is 0.368 e. The Kier molecular flexibility index (Phi) is 6.16. The smallest absolute Gasteiger partial charge is 0.147 e. The number of halogens is 1. The molecule has 6 heteroatoms. The SMILES string of the molecule is N#Cc1c(NCc2ccc(Cl)cc2)nc2ccccc2c1N1CCCC(N2CCCC2)C1. The Morgan fingerprint density at radius 1 is 1.03 bits per heavy atom. The van der Waals surface area contributed by atoms with Gasteiger partial charge >= 0.3 is 0 Å². The number of likely N-dealkylation sites (tertiary alicyclic amines) is 1. The predicted molar refractivity (Wildman–Crippen MR) is 131 cm³/mol. The molecule has 2 saturated heterocycles. The summed E-state index contributed by atoms with van der Waals surface area (Å²) in [6.45, 7) is 4.94. The first-order valence-electron chi connectivity index (χ1n) is 11.5. The monoisotopic (exact) mass is 445 g/mol. The zero-order valence-electron chi connectivity index (χ0n) is 18.2. The molecule has 5 nitrogen and oxygen atoms in total. The van der Waals surface area contributed by atoms with Gasteiger partial charge in [0.1, 0.15) is 17.5 Å². The van der Waals surface area contributed by atoms with Crippen molar-refractivity contribution in [2.75, 3.05) is 36.4 Å². The number of hydrogen-bond donors (Lipinski definition) is 1. The molecule has 0 aliphatic carbocycles. The average molecular weight is 446 g/mol. The highest BCUT2D eigenvalue weighted by molar-refractivity contribution is 6.30. The van der Waals surface area contributed by atoms with Gasteiger partial charge in [-0.1, -0.05) is 41.9 Å². The van der Waals surface area contributed by atoms with Crippen LogP contribution in [0.15, 0.2) is 48.5 Å². The molecule has 0 radical (unpaired) electrons. The zero-order valence-corrected chi connectivity index (χ0v) is 19.0. The number of rotatable bonds is 5. The van der Waals surface area contributed by atoms with Crippen LogP contribution in [-0.2, 0) is 6.54 Å². The third-order valence-electron chi connectivity index (χ3n) is 6.72. The minimum absolute atomic E-state index is 0.565. The van der Waals surface area contributed by atoms with E-state index >= 15 is 0 Å². The molecule has 1 atom stereocenters. The van der Waals surface area contributed by atoms with Crippen LogP contribution in [-0.4, -0.2) is 42.1 Å². The molecule has 0 amide bonds. The molecule has 3 aromatic rings. The van der Waals surface area contributed by atoms with Gasteiger partial charge in [0.05, 0.1) is 11.2 Å². The van der Waals surface area contributed by atoms with Crippen molar-refractivity contribution >= 4 is 34.0 Å². The Morgan fingerprint density at radius 3 is 2.59 bits per heavy atom. The topological polar surface area (TPSA) is 55.2 Å². The van der Waals surface area contributed by atoms with Gasteiger partial charge in [-0.05, 0) is 62.5 Å². The van der Waals surface area contributed by atoms with E-state index in [0.717, 1.165) is 46.7 Å². The number of benzene rings is 2. The van der Waals surface area contributed by atoms with Gasteiger partial charge in [-0.3, -0.25) is 4.90 Å². The molecule has 5 rings (SSSR count). The number of piperidine rings is 1. The summed E-state index contributed by atoms with van der Waals surface area (Å²) in [7, 11) is 0. The Labute approximate surface area is 194 Å². The van der Waals surface area contributed by atoms with Crippen LogP contribution in [0.2, 0.25) is 5.02 Å². The van der Waals surface area contributed by atoms with Gasteiger partial charge in [0, 0.05) is 36.1 Å². The van der Waals surface area contributed by atoms with Gasteiger partial charge < -0.3 is 10.2 Å². The van der Waals surface area contributed by atoms with Crippen LogP contribution in [0.25, 0.3) is 10.9 Å². The molecule has 2 fully saturated rings. The van der Waals surface area contributed by atoms with Crippen LogP contribution in [0.4, 0.5) is 11.5 Å². The fraction of sp³-hybridized carbons (Fsp3) is 0.385. The van der Waals surface area contributed by atoms with Crippen molar-refractivity contribution in [1.82, 2.24) is 9.88 Å². The van der Waals surface area contributed by atoms with E-state index in [-0.39, 0.29) is 0 Å². The molecule has 164 valence electrons. The maximum atomic E-state index is 10.2. The van der Waals surface area contributed by atoms with E-state index in [2.05, 4.69) is 27.3 Å². The highest BCUT2D eigenvalue weighted by Gasteiger charge is 2.30. The molecule has 2 aliphatic rings. The van der Waals surface area contributed by atoms with Crippen molar-refractivity contribution < 1.29 is 0 Å². The summed E-state index contributed by atoms with van der Waals surface area (Å²) < 4.78 is 0. The lowest BCUT2D eigenvalue weighted by atomic mass is 10.0. The fourth-order valence-corrected chi connectivity index (χ4v) is 5.23. The van der Waals surface area contributed by atoms with E-state index in [9.17, 15) is 5.26 Å². The molecule has 0 bridgehead atoms. The van der Waals surface area contributed by atoms with E-state index < -0.39 is 0 Å². The number of hydrogen-bond acceptors (Lipinski definition) is 5. The van der Waals surface area contributed by atoms with Gasteiger partial charge in [0.25, 0.3) is 0 Å². The van der Waals surface area contributed by atoms with Crippen molar-refractivity contribution in [2.24, 2.45) is 0 Å². The highest BCUT2D eigenvalue weighted by Crippen LogP contribution is 2.36. The predicted octanol–water partition coefficient (Wildman–Crippen LogP) is 5.44. The minimum Gasteiger partial charge on any atom is -0.368 e. The van der Waals surface area contributed by atoms with Crippen LogP contribution in [0.3, 0.4) is 0 Å². The summed E-state index contributed by atoms with van der Waals surface area (Å²) in [5.41, 5.74) is 3.69. The van der Waals surface area contributed by atoms with Crippen molar-refractivity contribution in [3.63, 3.8) is 0 Å². The summed E-state index contributed by atoms with van der Waals surface area (Å²) in [4.78, 5) is 9.91. The molecular weight excluding hydrogens is 418 g/mol. The maximum Gasteiger partial charge on any atom is 0.147 e. The van der Waals surface area contributed by atoms with Crippen LogP contribution in [0, 0.1) is 11.3 Å². The van der Waals surface area contributed by atoms with E-state index in [0.29, 0.717) is 24.0 Å². The summed E-state index contributed by atoms with van der Waals surface area (Å²) in [6, 6.07) is 19.0. The van der Waals surface area contributed by atoms with Crippen molar-refractivity contribution in [3.8, 4) is 6.07 Å². The first kappa shape index (κ1) is 21.1. The lowest BCUT2D eigenvalue weighted by Crippen LogP contribution is -2.47. The molecule has 0 saturated carbocycles. The Morgan fingerprint density at radius 2 is 1.81 bits per heavy atom. The van der Waals surface area contributed by atoms with Gasteiger partial charge in [0.15, 0.2) is 0 Å². The van der Waals surface area contributed by atoms with Gasteiger partial charge in [-0.2, -0.15) is 5.26 Å². The normalized spacial score (nSPS) is 19.2. The Bertz CT molecular complexity index is 1130. The van der Waals surface area contributed by atoms with Crippen LogP contribution >= 0.6 is 11.6 Å². The van der Waals surface area contributed by atoms with Crippen LogP contribution < -0.4 is 10.2 Å². The first-order chi connectivity index (χ1) is 15.7. The number of anilines is 2. The zero-order chi connectivity index (χ0) is 21.9. The van der Waals surface area contributed by atoms with Gasteiger partial charge in [0.2, 0.25) is 0 Å². The molecule has 3 heterocycles.